The van der Waals surface area contributed by atoms with E-state index in [1.54, 1.807) is 48.1 Å². The van der Waals surface area contributed by atoms with E-state index in [2.05, 4.69) is 10.3 Å². The number of carbonyl (C=O) groups is 2. The number of hydrogen-bond acceptors (Lipinski definition) is 7. The Hall–Kier alpha value is -3.79. The van der Waals surface area contributed by atoms with Gasteiger partial charge in [-0.2, -0.15) is 0 Å². The molecule has 2 atom stereocenters. The molecule has 184 valence electrons. The first-order valence-corrected chi connectivity index (χ1v) is 11.1. The Labute approximate surface area is 204 Å². The second-order valence-electron chi connectivity index (χ2n) is 7.82. The fourth-order valence-electron chi connectivity index (χ4n) is 3.50. The van der Waals surface area contributed by atoms with E-state index in [-0.39, 0.29) is 32.1 Å². The van der Waals surface area contributed by atoms with E-state index in [1.165, 1.54) is 7.11 Å². The molecular weight excluding hydrogens is 450 g/mol. The number of hydrogen-bond donors (Lipinski definition) is 3. The summed E-state index contributed by atoms with van der Waals surface area (Å²) in [7, 11) is 1.50. The summed E-state index contributed by atoms with van der Waals surface area (Å²) < 4.78 is 16.2. The minimum atomic E-state index is -0.645. The summed E-state index contributed by atoms with van der Waals surface area (Å²) in [6.07, 6.45) is 2.14. The molecule has 9 nitrogen and oxygen atoms in total. The topological polar surface area (TPSA) is 119 Å². The Morgan fingerprint density at radius 2 is 1.69 bits per heavy atom. The fraction of sp³-hybridized carbons (Fsp3) is 0.269. The van der Waals surface area contributed by atoms with Crippen LogP contribution in [0, 0.1) is 5.92 Å². The molecule has 3 N–H and O–H groups in total. The third-order valence-corrected chi connectivity index (χ3v) is 5.18. The number of rotatable bonds is 13. The van der Waals surface area contributed by atoms with Crippen LogP contribution in [-0.4, -0.2) is 48.6 Å². The lowest BCUT2D eigenvalue weighted by Gasteiger charge is -2.23. The Bertz CT molecular complexity index is 1050. The van der Waals surface area contributed by atoms with Crippen molar-refractivity contribution in [3.05, 3.63) is 90.3 Å². The van der Waals surface area contributed by atoms with Crippen molar-refractivity contribution in [1.82, 2.24) is 15.8 Å². The lowest BCUT2D eigenvalue weighted by molar-refractivity contribution is -0.134. The molecule has 0 fully saturated rings. The molecule has 1 aromatic heterocycles. The number of ether oxygens (including phenoxy) is 3. The predicted molar refractivity (Wildman–Crippen MR) is 128 cm³/mol. The third-order valence-electron chi connectivity index (χ3n) is 5.18. The summed E-state index contributed by atoms with van der Waals surface area (Å²) in [6.45, 7) is 0.154. The third kappa shape index (κ3) is 8.49. The smallest absolute Gasteiger partial charge is 0.251 e. The molecule has 0 saturated heterocycles. The highest BCUT2D eigenvalue weighted by molar-refractivity contribution is 5.94. The zero-order valence-electron chi connectivity index (χ0n) is 19.4. The quantitative estimate of drug-likeness (QED) is 0.149. The first-order chi connectivity index (χ1) is 17.1. The molecule has 35 heavy (non-hydrogen) atoms. The van der Waals surface area contributed by atoms with Crippen LogP contribution in [-0.2, 0) is 20.7 Å². The average Bonchev–Trinajstić information content (AvgIpc) is 2.89. The molecule has 0 aliphatic carbocycles. The highest BCUT2D eigenvalue weighted by Gasteiger charge is 2.25. The number of benzene rings is 2. The first kappa shape index (κ1) is 25.8. The van der Waals surface area contributed by atoms with E-state index >= 15 is 0 Å². The highest BCUT2D eigenvalue weighted by Crippen LogP contribution is 2.21. The molecule has 1 heterocycles. The molecule has 2 aromatic carbocycles. The summed E-state index contributed by atoms with van der Waals surface area (Å²) in [6, 6.07) is 21.0. The molecule has 0 aliphatic rings. The number of para-hydroxylation sites is 1. The summed E-state index contributed by atoms with van der Waals surface area (Å²) in [5, 5.41) is 12.1. The Kier molecular flexibility index (Phi) is 10.2. The van der Waals surface area contributed by atoms with Crippen molar-refractivity contribution in [1.29, 1.82) is 0 Å². The molecule has 0 bridgehead atoms. The highest BCUT2D eigenvalue weighted by atomic mass is 16.7. The van der Waals surface area contributed by atoms with Gasteiger partial charge in [-0.3, -0.25) is 19.8 Å². The molecular formula is C26H29N3O6. The molecule has 2 amide bonds. The maximum Gasteiger partial charge on any atom is 0.251 e. The van der Waals surface area contributed by atoms with Crippen LogP contribution < -0.4 is 15.5 Å². The van der Waals surface area contributed by atoms with Gasteiger partial charge in [0.1, 0.15) is 18.3 Å². The zero-order chi connectivity index (χ0) is 24.9. The second-order valence-corrected chi connectivity index (χ2v) is 7.82. The Morgan fingerprint density at radius 3 is 2.34 bits per heavy atom. The minimum absolute atomic E-state index is 0.0367. The normalized spacial score (nSPS) is 12.4. The van der Waals surface area contributed by atoms with Crippen molar-refractivity contribution >= 4 is 11.8 Å². The number of hydroxylamine groups is 1. The number of aromatic nitrogens is 1. The van der Waals surface area contributed by atoms with Crippen LogP contribution in [0.25, 0.3) is 0 Å². The van der Waals surface area contributed by atoms with E-state index in [0.29, 0.717) is 22.8 Å². The molecule has 0 aliphatic heterocycles. The number of methoxy groups -OCH3 is 1. The first-order valence-electron chi connectivity index (χ1n) is 11.1. The van der Waals surface area contributed by atoms with Gasteiger partial charge in [-0.1, -0.05) is 24.3 Å². The largest absolute Gasteiger partial charge is 0.457 e. The van der Waals surface area contributed by atoms with Crippen LogP contribution in [0.5, 0.6) is 11.5 Å². The van der Waals surface area contributed by atoms with Gasteiger partial charge in [-0.15, -0.1) is 0 Å². The van der Waals surface area contributed by atoms with E-state index < -0.39 is 17.9 Å². The van der Waals surface area contributed by atoms with E-state index in [0.717, 1.165) is 0 Å². The molecule has 3 rings (SSSR count). The minimum Gasteiger partial charge on any atom is -0.457 e. The number of carbonyl (C=O) groups excluding carboxylic acids is 2. The fourth-order valence-corrected chi connectivity index (χ4v) is 3.50. The standard InChI is InChI=1S/C26H29N3O6/c1-33-18-34-17-22(16-20(26(31)29-32)15-21-7-5-6-14-27-21)28-25(30)19-10-12-24(13-11-19)35-23-8-3-2-4-9-23/h2-14,20,22,32H,15-18H2,1H3,(H,28,30)(H,29,31). The van der Waals surface area contributed by atoms with Gasteiger partial charge in [0.25, 0.3) is 5.91 Å². The molecule has 0 radical (unpaired) electrons. The van der Waals surface area contributed by atoms with Gasteiger partial charge in [0.2, 0.25) is 5.91 Å². The molecule has 9 heteroatoms. The lowest BCUT2D eigenvalue weighted by Crippen LogP contribution is -2.42. The summed E-state index contributed by atoms with van der Waals surface area (Å²) in [5.74, 6) is -0.246. The zero-order valence-corrected chi connectivity index (χ0v) is 19.4. The summed E-state index contributed by atoms with van der Waals surface area (Å²) in [5.41, 5.74) is 2.83. The molecule has 2 unspecified atom stereocenters. The van der Waals surface area contributed by atoms with Gasteiger partial charge in [0.15, 0.2) is 0 Å². The molecule has 0 spiro atoms. The van der Waals surface area contributed by atoms with Gasteiger partial charge < -0.3 is 19.5 Å². The molecule has 3 aromatic rings. The maximum absolute atomic E-state index is 12.9. The van der Waals surface area contributed by atoms with Crippen LogP contribution in [0.1, 0.15) is 22.5 Å². The number of nitrogens with one attached hydrogen (secondary N) is 2. The van der Waals surface area contributed by atoms with E-state index in [1.807, 2.05) is 36.4 Å². The number of pyridine rings is 1. The van der Waals surface area contributed by atoms with Gasteiger partial charge in [0.05, 0.1) is 12.6 Å². The van der Waals surface area contributed by atoms with Crippen LogP contribution in [0.2, 0.25) is 0 Å². The Balaban J connectivity index is 1.67. The molecule has 0 saturated carbocycles. The summed E-state index contributed by atoms with van der Waals surface area (Å²) in [4.78, 5) is 29.5. The van der Waals surface area contributed by atoms with Gasteiger partial charge >= 0.3 is 0 Å². The lowest BCUT2D eigenvalue weighted by atomic mass is 9.94. The van der Waals surface area contributed by atoms with Crippen molar-refractivity contribution in [2.24, 2.45) is 5.92 Å². The van der Waals surface area contributed by atoms with Crippen LogP contribution in [0.4, 0.5) is 0 Å². The number of nitrogens with zero attached hydrogens (tertiary/aromatic N) is 1. The SMILES string of the molecule is COCOCC(CC(Cc1ccccn1)C(=O)NO)NC(=O)c1ccc(Oc2ccccc2)cc1. The van der Waals surface area contributed by atoms with E-state index in [4.69, 9.17) is 14.2 Å². The number of amides is 2. The van der Waals surface area contributed by atoms with Crippen LogP contribution in [0.15, 0.2) is 79.0 Å². The van der Waals surface area contributed by atoms with Crippen molar-refractivity contribution in [3.63, 3.8) is 0 Å². The second kappa shape index (κ2) is 13.8. The van der Waals surface area contributed by atoms with Gasteiger partial charge in [-0.05, 0) is 55.0 Å². The van der Waals surface area contributed by atoms with Gasteiger partial charge in [0, 0.05) is 36.9 Å². The monoisotopic (exact) mass is 479 g/mol. The average molecular weight is 480 g/mol. The predicted octanol–water partition coefficient (Wildman–Crippen LogP) is 3.35. The van der Waals surface area contributed by atoms with Crippen LogP contribution >= 0.6 is 0 Å². The summed E-state index contributed by atoms with van der Waals surface area (Å²) >= 11 is 0. The van der Waals surface area contributed by atoms with Crippen molar-refractivity contribution in [2.75, 3.05) is 20.5 Å². The van der Waals surface area contributed by atoms with Gasteiger partial charge in [-0.25, -0.2) is 5.48 Å². The van der Waals surface area contributed by atoms with Crippen molar-refractivity contribution in [3.8, 4) is 11.5 Å². The Morgan fingerprint density at radius 1 is 0.971 bits per heavy atom. The van der Waals surface area contributed by atoms with Crippen molar-refractivity contribution in [2.45, 2.75) is 18.9 Å². The van der Waals surface area contributed by atoms with E-state index in [9.17, 15) is 14.8 Å². The van der Waals surface area contributed by atoms with Crippen molar-refractivity contribution < 1.29 is 29.0 Å². The maximum atomic E-state index is 12.9. The van der Waals surface area contributed by atoms with Crippen LogP contribution in [0.3, 0.4) is 0 Å².